The Morgan fingerprint density at radius 3 is 2.33 bits per heavy atom. The number of halogens is 1. The van der Waals surface area contributed by atoms with Gasteiger partial charge in [-0.1, -0.05) is 17.7 Å². The molecular formula is C17H16ClN5O2S2. The largest absolute Gasteiger partial charge is 0.352 e. The third kappa shape index (κ3) is 3.81. The van der Waals surface area contributed by atoms with Crippen LogP contribution < -0.4 is 4.90 Å². The molecule has 0 atom stereocenters. The van der Waals surface area contributed by atoms with E-state index in [-0.39, 0.29) is 4.21 Å². The number of rotatable bonds is 4. The summed E-state index contributed by atoms with van der Waals surface area (Å²) in [5.41, 5.74) is 1.47. The summed E-state index contributed by atoms with van der Waals surface area (Å²) in [5.74, 6) is 0.728. The first-order valence-corrected chi connectivity index (χ1v) is 10.9. The van der Waals surface area contributed by atoms with Crippen molar-refractivity contribution in [2.24, 2.45) is 0 Å². The van der Waals surface area contributed by atoms with Crippen LogP contribution in [0, 0.1) is 0 Å². The van der Waals surface area contributed by atoms with E-state index >= 15 is 0 Å². The van der Waals surface area contributed by atoms with Crippen molar-refractivity contribution >= 4 is 38.8 Å². The predicted molar refractivity (Wildman–Crippen MR) is 106 cm³/mol. The van der Waals surface area contributed by atoms with Gasteiger partial charge < -0.3 is 4.90 Å². The van der Waals surface area contributed by atoms with Crippen LogP contribution in [0.4, 0.5) is 5.82 Å². The molecule has 0 unspecified atom stereocenters. The van der Waals surface area contributed by atoms with Crippen LogP contribution in [0.2, 0.25) is 4.34 Å². The van der Waals surface area contributed by atoms with Crippen molar-refractivity contribution in [1.82, 2.24) is 19.5 Å². The van der Waals surface area contributed by atoms with Gasteiger partial charge in [0, 0.05) is 32.4 Å². The zero-order chi connectivity index (χ0) is 18.9. The lowest BCUT2D eigenvalue weighted by Gasteiger charge is -2.34. The molecule has 0 aromatic carbocycles. The highest BCUT2D eigenvalue weighted by atomic mass is 35.5. The molecule has 0 radical (unpaired) electrons. The number of pyridine rings is 1. The lowest BCUT2D eigenvalue weighted by Crippen LogP contribution is -2.48. The van der Waals surface area contributed by atoms with Crippen molar-refractivity contribution < 1.29 is 8.42 Å². The van der Waals surface area contributed by atoms with Crippen molar-refractivity contribution in [3.63, 3.8) is 0 Å². The van der Waals surface area contributed by atoms with Gasteiger partial charge in [-0.2, -0.15) is 4.31 Å². The second-order valence-electron chi connectivity index (χ2n) is 5.94. The lowest BCUT2D eigenvalue weighted by molar-refractivity contribution is 0.384. The van der Waals surface area contributed by atoms with Gasteiger partial charge in [0.1, 0.15) is 9.90 Å². The molecule has 4 rings (SSSR count). The Kier molecular flexibility index (Phi) is 5.09. The fraction of sp³-hybridized carbons (Fsp3) is 0.235. The van der Waals surface area contributed by atoms with Crippen molar-refractivity contribution in [2.75, 3.05) is 31.1 Å². The molecule has 1 aliphatic heterocycles. The molecule has 1 aliphatic rings. The maximum Gasteiger partial charge on any atom is 0.252 e. The monoisotopic (exact) mass is 421 g/mol. The number of piperazine rings is 1. The molecule has 0 saturated carbocycles. The van der Waals surface area contributed by atoms with Crippen LogP contribution in [-0.4, -0.2) is 54.1 Å². The van der Waals surface area contributed by atoms with E-state index in [1.807, 2.05) is 35.2 Å². The Morgan fingerprint density at radius 2 is 1.74 bits per heavy atom. The maximum absolute atomic E-state index is 12.7. The van der Waals surface area contributed by atoms with E-state index in [1.165, 1.54) is 4.31 Å². The summed E-state index contributed by atoms with van der Waals surface area (Å²) in [6.07, 6.45) is 1.71. The highest BCUT2D eigenvalue weighted by molar-refractivity contribution is 7.91. The molecule has 7 nitrogen and oxygen atoms in total. The van der Waals surface area contributed by atoms with Gasteiger partial charge in [-0.15, -0.1) is 21.5 Å². The Labute approximate surface area is 166 Å². The van der Waals surface area contributed by atoms with E-state index in [1.54, 1.807) is 18.3 Å². The topological polar surface area (TPSA) is 79.3 Å². The van der Waals surface area contributed by atoms with Crippen LogP contribution in [0.5, 0.6) is 0 Å². The zero-order valence-corrected chi connectivity index (χ0v) is 16.6. The number of aromatic nitrogens is 3. The summed E-state index contributed by atoms with van der Waals surface area (Å²) in [4.78, 5) is 6.29. The van der Waals surface area contributed by atoms with Gasteiger partial charge in [0.15, 0.2) is 5.82 Å². The van der Waals surface area contributed by atoms with Gasteiger partial charge in [0.2, 0.25) is 0 Å². The molecule has 1 saturated heterocycles. The van der Waals surface area contributed by atoms with Gasteiger partial charge in [-0.3, -0.25) is 4.98 Å². The first-order valence-electron chi connectivity index (χ1n) is 8.29. The molecule has 0 aliphatic carbocycles. The Bertz CT molecular complexity index is 1020. The summed E-state index contributed by atoms with van der Waals surface area (Å²) < 4.78 is 27.6. The number of thiophene rings is 1. The minimum atomic E-state index is -3.49. The van der Waals surface area contributed by atoms with Crippen LogP contribution in [-0.2, 0) is 10.0 Å². The second kappa shape index (κ2) is 7.51. The van der Waals surface area contributed by atoms with Gasteiger partial charge in [0.05, 0.1) is 10.0 Å². The third-order valence-electron chi connectivity index (χ3n) is 4.28. The van der Waals surface area contributed by atoms with Crippen molar-refractivity contribution in [2.45, 2.75) is 4.21 Å². The van der Waals surface area contributed by atoms with E-state index < -0.39 is 10.0 Å². The van der Waals surface area contributed by atoms with E-state index in [9.17, 15) is 8.42 Å². The Balaban J connectivity index is 1.43. The summed E-state index contributed by atoms with van der Waals surface area (Å²) in [7, 11) is -3.49. The van der Waals surface area contributed by atoms with E-state index in [2.05, 4.69) is 15.2 Å². The summed E-state index contributed by atoms with van der Waals surface area (Å²) in [5, 5.41) is 8.52. The number of hydrogen-bond acceptors (Lipinski definition) is 7. The molecule has 1 fully saturated rings. The Hall–Kier alpha value is -2.07. The molecule has 4 heterocycles. The van der Waals surface area contributed by atoms with E-state index in [0.29, 0.717) is 36.2 Å². The Morgan fingerprint density at radius 1 is 0.926 bits per heavy atom. The van der Waals surface area contributed by atoms with Gasteiger partial charge in [-0.05, 0) is 36.4 Å². The number of anilines is 1. The van der Waals surface area contributed by atoms with E-state index in [0.717, 1.165) is 22.8 Å². The van der Waals surface area contributed by atoms with Crippen LogP contribution in [0.15, 0.2) is 52.9 Å². The van der Waals surface area contributed by atoms with Crippen LogP contribution in [0.3, 0.4) is 0 Å². The van der Waals surface area contributed by atoms with Crippen LogP contribution in [0.1, 0.15) is 0 Å². The summed E-state index contributed by atoms with van der Waals surface area (Å²) >= 11 is 6.95. The third-order valence-corrected chi connectivity index (χ3v) is 7.88. The van der Waals surface area contributed by atoms with Crippen molar-refractivity contribution in [1.29, 1.82) is 0 Å². The molecular weight excluding hydrogens is 406 g/mol. The molecule has 10 heteroatoms. The zero-order valence-electron chi connectivity index (χ0n) is 14.2. The maximum atomic E-state index is 12.7. The SMILES string of the molecule is O=S(=O)(c1ccc(Cl)s1)N1CCN(c2ccc(-c3ccccn3)nn2)CC1. The standard InChI is InChI=1S/C17H16ClN5O2S2/c18-15-5-7-17(26-15)27(24,25)23-11-9-22(10-12-23)16-6-4-14(20-21-16)13-3-1-2-8-19-13/h1-8H,9-12H2. The molecule has 3 aromatic heterocycles. The van der Waals surface area contributed by atoms with E-state index in [4.69, 9.17) is 11.6 Å². The number of sulfonamides is 1. The molecule has 0 N–H and O–H groups in total. The van der Waals surface area contributed by atoms with Crippen molar-refractivity contribution in [3.05, 3.63) is 53.0 Å². The molecule has 0 bridgehead atoms. The highest BCUT2D eigenvalue weighted by Gasteiger charge is 2.30. The van der Waals surface area contributed by atoms with Crippen LogP contribution in [0.25, 0.3) is 11.4 Å². The van der Waals surface area contributed by atoms with Crippen molar-refractivity contribution in [3.8, 4) is 11.4 Å². The molecule has 27 heavy (non-hydrogen) atoms. The predicted octanol–water partition coefficient (Wildman–Crippen LogP) is 2.76. The minimum absolute atomic E-state index is 0.278. The first-order chi connectivity index (χ1) is 13.0. The van der Waals surface area contributed by atoms with Gasteiger partial charge in [0.25, 0.3) is 10.0 Å². The summed E-state index contributed by atoms with van der Waals surface area (Å²) in [6, 6.07) is 12.6. The van der Waals surface area contributed by atoms with Gasteiger partial charge >= 0.3 is 0 Å². The summed E-state index contributed by atoms with van der Waals surface area (Å²) in [6.45, 7) is 1.88. The lowest BCUT2D eigenvalue weighted by atomic mass is 10.2. The first kappa shape index (κ1) is 18.3. The molecule has 140 valence electrons. The van der Waals surface area contributed by atoms with Crippen LogP contribution >= 0.6 is 22.9 Å². The fourth-order valence-corrected chi connectivity index (χ4v) is 5.93. The number of hydrogen-bond donors (Lipinski definition) is 0. The minimum Gasteiger partial charge on any atom is -0.352 e. The average Bonchev–Trinajstić information content (AvgIpc) is 3.16. The normalized spacial score (nSPS) is 15.8. The van der Waals surface area contributed by atoms with Gasteiger partial charge in [-0.25, -0.2) is 8.42 Å². The number of nitrogens with zero attached hydrogens (tertiary/aromatic N) is 5. The quantitative estimate of drug-likeness (QED) is 0.644. The second-order valence-corrected chi connectivity index (χ2v) is 9.82. The highest BCUT2D eigenvalue weighted by Crippen LogP contribution is 2.29. The molecule has 3 aromatic rings. The molecule has 0 amide bonds. The molecule has 0 spiro atoms. The fourth-order valence-electron chi connectivity index (χ4n) is 2.87. The average molecular weight is 422 g/mol. The smallest absolute Gasteiger partial charge is 0.252 e.